The Morgan fingerprint density at radius 1 is 1.05 bits per heavy atom. The summed E-state index contributed by atoms with van der Waals surface area (Å²) in [7, 11) is -4.06. The monoisotopic (exact) mass is 623 g/mol. The highest BCUT2D eigenvalue weighted by atomic mass is 32.2. The summed E-state index contributed by atoms with van der Waals surface area (Å²) in [6, 6.07) is 18.2. The number of aromatic nitrogens is 1. The molecular formula is C31H37N5O5S2. The van der Waals surface area contributed by atoms with Crippen molar-refractivity contribution in [2.45, 2.75) is 51.2 Å². The summed E-state index contributed by atoms with van der Waals surface area (Å²) in [5.74, 6) is -0.724. The summed E-state index contributed by atoms with van der Waals surface area (Å²) in [4.78, 5) is 29.2. The number of nitrogens with two attached hydrogens (primary N) is 1. The summed E-state index contributed by atoms with van der Waals surface area (Å²) in [5, 5.41) is 17.5. The number of carbonyl (C=O) groups excluding carboxylic acids is 2. The first-order valence-corrected chi connectivity index (χ1v) is 16.2. The van der Waals surface area contributed by atoms with Crippen LogP contribution in [0.2, 0.25) is 0 Å². The number of fused-ring (bicyclic) bond motifs is 1. The summed E-state index contributed by atoms with van der Waals surface area (Å²) in [6.07, 6.45) is -0.957. The van der Waals surface area contributed by atoms with Crippen molar-refractivity contribution < 1.29 is 23.1 Å². The normalized spacial score (nSPS) is 13.3. The maximum absolute atomic E-state index is 14.0. The number of hydrogen-bond donors (Lipinski definition) is 4. The van der Waals surface area contributed by atoms with Gasteiger partial charge >= 0.3 is 0 Å². The van der Waals surface area contributed by atoms with Crippen molar-refractivity contribution in [2.75, 3.05) is 24.1 Å². The average molecular weight is 624 g/mol. The van der Waals surface area contributed by atoms with Crippen LogP contribution in [0.5, 0.6) is 0 Å². The first-order valence-electron chi connectivity index (χ1n) is 13.9. The lowest BCUT2D eigenvalue weighted by Crippen LogP contribution is -2.51. The molecule has 0 radical (unpaired) electrons. The zero-order valence-corrected chi connectivity index (χ0v) is 26.2. The zero-order valence-electron chi connectivity index (χ0n) is 24.6. The number of aryl methyl sites for hydroxylation is 1. The van der Waals surface area contributed by atoms with Gasteiger partial charge in [-0.15, -0.1) is 0 Å². The van der Waals surface area contributed by atoms with Gasteiger partial charge in [-0.1, -0.05) is 61.6 Å². The highest BCUT2D eigenvalue weighted by molar-refractivity contribution is 7.89. The topological polar surface area (TPSA) is 155 Å². The molecule has 0 spiro atoms. The number of nitrogens with zero attached hydrogens (tertiary/aromatic N) is 2. The molecule has 0 bridgehead atoms. The lowest BCUT2D eigenvalue weighted by molar-refractivity contribution is -0.114. The predicted molar refractivity (Wildman–Crippen MR) is 171 cm³/mol. The van der Waals surface area contributed by atoms with E-state index in [9.17, 15) is 23.1 Å². The fraction of sp³-hybridized carbons (Fsp3) is 0.323. The van der Waals surface area contributed by atoms with Gasteiger partial charge in [0, 0.05) is 31.3 Å². The minimum atomic E-state index is -4.06. The van der Waals surface area contributed by atoms with E-state index < -0.39 is 28.1 Å². The fourth-order valence-corrected chi connectivity index (χ4v) is 7.39. The summed E-state index contributed by atoms with van der Waals surface area (Å²) < 4.78 is 29.8. The van der Waals surface area contributed by atoms with Crippen LogP contribution < -0.4 is 16.4 Å². The van der Waals surface area contributed by atoms with Crippen molar-refractivity contribution >= 4 is 54.2 Å². The molecule has 1 aromatic heterocycles. The van der Waals surface area contributed by atoms with Gasteiger partial charge in [0.2, 0.25) is 15.9 Å². The first-order chi connectivity index (χ1) is 20.3. The van der Waals surface area contributed by atoms with Crippen molar-refractivity contribution in [3.8, 4) is 0 Å². The van der Waals surface area contributed by atoms with Crippen LogP contribution in [0.15, 0.2) is 71.6 Å². The van der Waals surface area contributed by atoms with E-state index in [2.05, 4.69) is 15.6 Å². The number of aliphatic hydroxyl groups is 1. The summed E-state index contributed by atoms with van der Waals surface area (Å²) in [5.41, 5.74) is 8.91. The van der Waals surface area contributed by atoms with Gasteiger partial charge in [0.15, 0.2) is 5.13 Å². The number of hydrogen-bond acceptors (Lipinski definition) is 8. The maximum Gasteiger partial charge on any atom is 0.251 e. The zero-order chi connectivity index (χ0) is 31.3. The number of rotatable bonds is 12. The van der Waals surface area contributed by atoms with Crippen LogP contribution in [-0.4, -0.2) is 59.9 Å². The Hall–Kier alpha value is -3.84. The Labute approximate surface area is 256 Å². The predicted octanol–water partition coefficient (Wildman–Crippen LogP) is 4.19. The van der Waals surface area contributed by atoms with Crippen molar-refractivity contribution in [1.82, 2.24) is 14.6 Å². The van der Waals surface area contributed by atoms with E-state index in [-0.39, 0.29) is 36.2 Å². The van der Waals surface area contributed by atoms with E-state index >= 15 is 0 Å². The number of aliphatic hydroxyl groups excluding tert-OH is 1. The second-order valence-corrected chi connectivity index (χ2v) is 13.9. The fourth-order valence-electron chi connectivity index (χ4n) is 4.71. The molecule has 0 fully saturated rings. The number of benzene rings is 3. The quantitative estimate of drug-likeness (QED) is 0.173. The van der Waals surface area contributed by atoms with Crippen LogP contribution in [-0.2, 0) is 21.2 Å². The lowest BCUT2D eigenvalue weighted by Gasteiger charge is -2.31. The molecule has 5 N–H and O–H groups in total. The molecule has 0 aliphatic heterocycles. The van der Waals surface area contributed by atoms with E-state index in [0.29, 0.717) is 26.6 Å². The molecule has 0 saturated heterocycles. The van der Waals surface area contributed by atoms with Crippen LogP contribution in [0, 0.1) is 12.8 Å². The van der Waals surface area contributed by atoms with Gasteiger partial charge in [-0.2, -0.15) is 4.31 Å². The summed E-state index contributed by atoms with van der Waals surface area (Å²) >= 11 is 1.18. The second-order valence-electron chi connectivity index (χ2n) is 11.0. The van der Waals surface area contributed by atoms with Gasteiger partial charge < -0.3 is 21.5 Å². The average Bonchev–Trinajstić information content (AvgIpc) is 3.34. The van der Waals surface area contributed by atoms with Crippen molar-refractivity contribution in [1.29, 1.82) is 0 Å². The van der Waals surface area contributed by atoms with E-state index in [1.54, 1.807) is 31.2 Å². The molecule has 3 aromatic carbocycles. The Bertz CT molecular complexity index is 1710. The van der Waals surface area contributed by atoms with E-state index in [1.165, 1.54) is 34.7 Å². The molecule has 10 nitrogen and oxygen atoms in total. The Kier molecular flexibility index (Phi) is 10.2. The van der Waals surface area contributed by atoms with E-state index in [1.807, 2.05) is 44.2 Å². The van der Waals surface area contributed by atoms with Gasteiger partial charge in [-0.3, -0.25) is 9.59 Å². The molecule has 2 atom stereocenters. The number of amides is 2. The molecule has 2 amide bonds. The lowest BCUT2D eigenvalue weighted by atomic mass is 9.99. The third-order valence-corrected chi connectivity index (χ3v) is 9.59. The summed E-state index contributed by atoms with van der Waals surface area (Å²) in [6.45, 7) is 6.87. The van der Waals surface area contributed by atoms with E-state index in [4.69, 9.17) is 5.73 Å². The highest BCUT2D eigenvalue weighted by Gasteiger charge is 2.32. The molecule has 12 heteroatoms. The van der Waals surface area contributed by atoms with Crippen LogP contribution in [0.25, 0.3) is 10.2 Å². The molecule has 4 aromatic rings. The Balaban J connectivity index is 1.64. The molecule has 43 heavy (non-hydrogen) atoms. The molecule has 228 valence electrons. The van der Waals surface area contributed by atoms with Gasteiger partial charge in [0.25, 0.3) is 5.91 Å². The number of thiazole rings is 1. The van der Waals surface area contributed by atoms with Crippen molar-refractivity contribution in [2.24, 2.45) is 5.92 Å². The number of nitrogen functional groups attached to an aromatic ring is 1. The molecule has 0 saturated carbocycles. The van der Waals surface area contributed by atoms with Gasteiger partial charge in [0.1, 0.15) is 0 Å². The van der Waals surface area contributed by atoms with Crippen LogP contribution in [0.4, 0.5) is 10.8 Å². The standard InChI is InChI=1S/C31H37N5O5S2/c1-19(2)17-36(43(40,41)24-12-13-26-29(16-24)42-31(35-26)33-21(4)37)18-28(38)27(14-22-8-6-5-7-9-22)34-30(39)25-15-23(32)11-10-20(25)3/h5-13,15-16,19,27-28,38H,14,17-18,32H2,1-4H3,(H,34,39)(H,33,35,37)/t27-,28+/m0/s1. The molecule has 0 unspecified atom stereocenters. The van der Waals surface area contributed by atoms with Crippen LogP contribution in [0.3, 0.4) is 0 Å². The second kappa shape index (κ2) is 13.6. The van der Waals surface area contributed by atoms with Crippen molar-refractivity contribution in [3.05, 3.63) is 83.4 Å². The first kappa shape index (κ1) is 32.1. The number of carbonyl (C=O) groups is 2. The van der Waals surface area contributed by atoms with Gasteiger partial charge in [-0.25, -0.2) is 13.4 Å². The Morgan fingerprint density at radius 2 is 1.77 bits per heavy atom. The molecule has 1 heterocycles. The maximum atomic E-state index is 14.0. The van der Waals surface area contributed by atoms with Crippen LogP contribution >= 0.6 is 11.3 Å². The largest absolute Gasteiger partial charge is 0.399 e. The number of sulfonamides is 1. The smallest absolute Gasteiger partial charge is 0.251 e. The molecule has 0 aliphatic carbocycles. The van der Waals surface area contributed by atoms with Gasteiger partial charge in [-0.05, 0) is 60.7 Å². The van der Waals surface area contributed by atoms with Gasteiger partial charge in [0.05, 0.1) is 27.3 Å². The molecule has 4 rings (SSSR count). The minimum absolute atomic E-state index is 0.0439. The SMILES string of the molecule is CC(=O)Nc1nc2ccc(S(=O)(=O)N(CC(C)C)C[C@@H](O)[C@H](Cc3ccccc3)NC(=O)c3cc(N)ccc3C)cc2s1. The number of anilines is 2. The van der Waals surface area contributed by atoms with Crippen LogP contribution in [0.1, 0.15) is 42.3 Å². The van der Waals surface area contributed by atoms with E-state index in [0.717, 1.165) is 11.1 Å². The Morgan fingerprint density at radius 3 is 2.44 bits per heavy atom. The van der Waals surface area contributed by atoms with Crippen molar-refractivity contribution in [3.63, 3.8) is 0 Å². The third-order valence-electron chi connectivity index (χ3n) is 6.83. The number of nitrogens with one attached hydrogen (secondary N) is 2. The minimum Gasteiger partial charge on any atom is -0.399 e. The highest BCUT2D eigenvalue weighted by Crippen LogP contribution is 2.30. The molecular weight excluding hydrogens is 587 g/mol. The molecule has 0 aliphatic rings. The third kappa shape index (κ3) is 8.17.